The first-order chi connectivity index (χ1) is 13.9. The number of halogens is 3. The SMILES string of the molecule is Cc1cc(Cl)cc2c(=O)oc(-c3cc(C4(F)CC4)nn3-c3ncccc3Cl)nc12. The van der Waals surface area contributed by atoms with Gasteiger partial charge in [-0.3, -0.25) is 0 Å². The van der Waals surface area contributed by atoms with E-state index in [-0.39, 0.29) is 28.5 Å². The maximum atomic E-state index is 14.7. The van der Waals surface area contributed by atoms with Crippen LogP contribution in [0.3, 0.4) is 0 Å². The van der Waals surface area contributed by atoms with Crippen LogP contribution in [0.1, 0.15) is 24.1 Å². The first-order valence-electron chi connectivity index (χ1n) is 8.87. The summed E-state index contributed by atoms with van der Waals surface area (Å²) in [6.45, 7) is 1.80. The molecule has 0 spiro atoms. The highest BCUT2D eigenvalue weighted by Gasteiger charge is 2.48. The zero-order valence-electron chi connectivity index (χ0n) is 15.1. The van der Waals surface area contributed by atoms with Gasteiger partial charge in [0.15, 0.2) is 11.5 Å². The van der Waals surface area contributed by atoms with Crippen molar-refractivity contribution in [1.82, 2.24) is 19.7 Å². The largest absolute Gasteiger partial charge is 0.401 e. The predicted molar refractivity (Wildman–Crippen MR) is 107 cm³/mol. The van der Waals surface area contributed by atoms with Gasteiger partial charge in [0.1, 0.15) is 11.4 Å². The summed E-state index contributed by atoms with van der Waals surface area (Å²) in [6.07, 6.45) is 2.31. The van der Waals surface area contributed by atoms with Crippen LogP contribution in [0, 0.1) is 6.92 Å². The summed E-state index contributed by atoms with van der Waals surface area (Å²) in [5.74, 6) is 0.287. The highest BCUT2D eigenvalue weighted by atomic mass is 35.5. The van der Waals surface area contributed by atoms with Gasteiger partial charge in [-0.15, -0.1) is 0 Å². The third-order valence-electron chi connectivity index (χ3n) is 4.90. The van der Waals surface area contributed by atoms with E-state index in [1.165, 1.54) is 16.8 Å². The molecule has 3 aromatic heterocycles. The Bertz CT molecular complexity index is 1340. The average Bonchev–Trinajstić information content (AvgIpc) is 3.26. The zero-order chi connectivity index (χ0) is 20.3. The second-order valence-electron chi connectivity index (χ2n) is 7.03. The second kappa shape index (κ2) is 6.37. The summed E-state index contributed by atoms with van der Waals surface area (Å²) < 4.78 is 21.6. The normalized spacial score (nSPS) is 15.0. The Morgan fingerprint density at radius 3 is 2.76 bits per heavy atom. The molecule has 29 heavy (non-hydrogen) atoms. The van der Waals surface area contributed by atoms with Gasteiger partial charge in [0.25, 0.3) is 0 Å². The van der Waals surface area contributed by atoms with E-state index in [1.807, 2.05) is 0 Å². The van der Waals surface area contributed by atoms with E-state index in [1.54, 1.807) is 31.3 Å². The standard InChI is InChI=1S/C20H13Cl2FN4O2/c1-10-7-11(21)8-12-16(10)25-18(29-19(12)28)14-9-15(20(23)4-5-20)26-27(14)17-13(22)3-2-6-24-17/h2-3,6-9H,4-5H2,1H3. The van der Waals surface area contributed by atoms with E-state index in [9.17, 15) is 9.18 Å². The van der Waals surface area contributed by atoms with Gasteiger partial charge in [-0.1, -0.05) is 23.2 Å². The molecule has 0 atom stereocenters. The lowest BCUT2D eigenvalue weighted by Crippen LogP contribution is -2.08. The van der Waals surface area contributed by atoms with Crippen molar-refractivity contribution in [2.75, 3.05) is 0 Å². The van der Waals surface area contributed by atoms with Crippen LogP contribution in [0.15, 0.2) is 45.7 Å². The third-order valence-corrected chi connectivity index (χ3v) is 5.42. The Balaban J connectivity index is 1.79. The van der Waals surface area contributed by atoms with Crippen molar-refractivity contribution in [2.45, 2.75) is 25.4 Å². The molecule has 1 aromatic carbocycles. The lowest BCUT2D eigenvalue weighted by atomic mass is 10.1. The minimum atomic E-state index is -1.50. The number of hydrogen-bond donors (Lipinski definition) is 0. The number of aromatic nitrogens is 4. The molecule has 1 fully saturated rings. The van der Waals surface area contributed by atoms with E-state index in [4.69, 9.17) is 27.6 Å². The molecule has 4 aromatic rings. The topological polar surface area (TPSA) is 73.8 Å². The van der Waals surface area contributed by atoms with Crippen LogP contribution in [0.4, 0.5) is 4.39 Å². The van der Waals surface area contributed by atoms with E-state index in [0.717, 1.165) is 0 Å². The molecule has 3 heterocycles. The Labute approximate surface area is 173 Å². The smallest absolute Gasteiger partial charge is 0.347 e. The van der Waals surface area contributed by atoms with Crippen LogP contribution in [0.2, 0.25) is 10.0 Å². The van der Waals surface area contributed by atoms with Gasteiger partial charge in [0.2, 0.25) is 5.89 Å². The molecule has 9 heteroatoms. The van der Waals surface area contributed by atoms with Crippen LogP contribution in [0.25, 0.3) is 28.3 Å². The Morgan fingerprint density at radius 1 is 1.24 bits per heavy atom. The van der Waals surface area contributed by atoms with Crippen LogP contribution < -0.4 is 5.63 Å². The highest BCUT2D eigenvalue weighted by Crippen LogP contribution is 2.49. The number of alkyl halides is 1. The van der Waals surface area contributed by atoms with Crippen molar-refractivity contribution in [3.8, 4) is 17.4 Å². The first kappa shape index (κ1) is 18.3. The Hall–Kier alpha value is -2.77. The van der Waals surface area contributed by atoms with Crippen LogP contribution >= 0.6 is 23.2 Å². The van der Waals surface area contributed by atoms with E-state index >= 15 is 0 Å². The molecule has 0 aliphatic heterocycles. The van der Waals surface area contributed by atoms with Crippen molar-refractivity contribution in [3.63, 3.8) is 0 Å². The lowest BCUT2D eigenvalue weighted by molar-refractivity contribution is 0.308. The summed E-state index contributed by atoms with van der Waals surface area (Å²) in [6, 6.07) is 8.06. The van der Waals surface area contributed by atoms with E-state index in [0.29, 0.717) is 34.0 Å². The molecule has 0 N–H and O–H groups in total. The van der Waals surface area contributed by atoms with Crippen LogP contribution in [0.5, 0.6) is 0 Å². The summed E-state index contributed by atoms with van der Waals surface area (Å²) in [7, 11) is 0. The number of hydrogen-bond acceptors (Lipinski definition) is 5. The second-order valence-corrected chi connectivity index (χ2v) is 7.87. The zero-order valence-corrected chi connectivity index (χ0v) is 16.6. The van der Waals surface area contributed by atoms with Gasteiger partial charge in [-0.05, 0) is 55.7 Å². The van der Waals surface area contributed by atoms with Crippen molar-refractivity contribution < 1.29 is 8.81 Å². The molecule has 0 saturated heterocycles. The lowest BCUT2D eigenvalue weighted by Gasteiger charge is -2.08. The van der Waals surface area contributed by atoms with Gasteiger partial charge in [-0.2, -0.15) is 5.10 Å². The van der Waals surface area contributed by atoms with E-state index < -0.39 is 11.3 Å². The molecule has 1 saturated carbocycles. The molecule has 146 valence electrons. The molecular formula is C20H13Cl2FN4O2. The van der Waals surface area contributed by atoms with Crippen LogP contribution in [-0.4, -0.2) is 19.7 Å². The molecular weight excluding hydrogens is 418 g/mol. The van der Waals surface area contributed by atoms with E-state index in [2.05, 4.69) is 15.1 Å². The first-order valence-corrected chi connectivity index (χ1v) is 9.63. The van der Waals surface area contributed by atoms with Gasteiger partial charge < -0.3 is 4.42 Å². The van der Waals surface area contributed by atoms with Crippen molar-refractivity contribution >= 4 is 34.1 Å². The predicted octanol–water partition coefficient (Wildman–Crippen LogP) is 5.01. The van der Waals surface area contributed by atoms with Gasteiger partial charge in [0, 0.05) is 11.2 Å². The summed E-state index contributed by atoms with van der Waals surface area (Å²) in [5.41, 5.74) is -0.416. The van der Waals surface area contributed by atoms with Crippen LogP contribution in [-0.2, 0) is 5.67 Å². The summed E-state index contributed by atoms with van der Waals surface area (Å²) in [5, 5.41) is 5.37. The van der Waals surface area contributed by atoms with Crippen molar-refractivity contribution in [2.24, 2.45) is 0 Å². The quantitative estimate of drug-likeness (QED) is 0.456. The highest BCUT2D eigenvalue weighted by molar-refractivity contribution is 6.32. The fourth-order valence-electron chi connectivity index (χ4n) is 3.23. The van der Waals surface area contributed by atoms with Gasteiger partial charge in [-0.25, -0.2) is 23.8 Å². The number of nitrogens with zero attached hydrogens (tertiary/aromatic N) is 4. The Kier molecular flexibility index (Phi) is 4.01. The maximum absolute atomic E-state index is 14.7. The molecule has 0 unspecified atom stereocenters. The number of fused-ring (bicyclic) bond motifs is 1. The molecule has 6 nitrogen and oxygen atoms in total. The van der Waals surface area contributed by atoms with Gasteiger partial charge >= 0.3 is 5.63 Å². The molecule has 1 aliphatic carbocycles. The fraction of sp³-hybridized carbons (Fsp3) is 0.200. The number of benzene rings is 1. The minimum Gasteiger partial charge on any atom is -0.401 e. The number of pyridine rings is 1. The fourth-order valence-corrected chi connectivity index (χ4v) is 3.70. The minimum absolute atomic E-state index is 0.00218. The number of rotatable bonds is 3. The van der Waals surface area contributed by atoms with Crippen molar-refractivity contribution in [3.05, 3.63) is 68.3 Å². The molecule has 0 bridgehead atoms. The monoisotopic (exact) mass is 430 g/mol. The van der Waals surface area contributed by atoms with Gasteiger partial charge in [0.05, 0.1) is 15.9 Å². The molecule has 1 aliphatic rings. The molecule has 0 amide bonds. The molecule has 5 rings (SSSR count). The maximum Gasteiger partial charge on any atom is 0.347 e. The number of aryl methyl sites for hydroxylation is 1. The summed E-state index contributed by atoms with van der Waals surface area (Å²) in [4.78, 5) is 21.3. The average molecular weight is 431 g/mol. The third kappa shape index (κ3) is 3.01. The summed E-state index contributed by atoms with van der Waals surface area (Å²) >= 11 is 12.3. The van der Waals surface area contributed by atoms with Crippen molar-refractivity contribution in [1.29, 1.82) is 0 Å². The molecule has 0 radical (unpaired) electrons. The Morgan fingerprint density at radius 2 is 2.03 bits per heavy atom.